The van der Waals surface area contributed by atoms with Crippen LogP contribution in [0.25, 0.3) is 0 Å². The summed E-state index contributed by atoms with van der Waals surface area (Å²) in [4.78, 5) is 0.242. The van der Waals surface area contributed by atoms with Crippen LogP contribution < -0.4 is 5.32 Å². The van der Waals surface area contributed by atoms with Gasteiger partial charge < -0.3 is 10.1 Å². The summed E-state index contributed by atoms with van der Waals surface area (Å²) >= 11 is 0. The Labute approximate surface area is 119 Å². The molecule has 1 N–H and O–H groups in total. The van der Waals surface area contributed by atoms with E-state index in [4.69, 9.17) is 4.74 Å². The molecule has 3 rings (SSSR count). The maximum atomic E-state index is 12.0. The first-order chi connectivity index (χ1) is 9.62. The second-order valence-corrected chi connectivity index (χ2v) is 6.78. The van der Waals surface area contributed by atoms with E-state index >= 15 is 0 Å². The molecule has 1 saturated carbocycles. The lowest BCUT2D eigenvalue weighted by molar-refractivity contribution is 0.108. The zero-order valence-corrected chi connectivity index (χ0v) is 12.2. The molecule has 1 aromatic rings. The summed E-state index contributed by atoms with van der Waals surface area (Å²) in [5, 5.41) is 3.24. The molecular formula is C14H18N2O3S. The largest absolute Gasteiger partial charge is 0.472 e. The zero-order valence-electron chi connectivity index (χ0n) is 11.4. The van der Waals surface area contributed by atoms with Gasteiger partial charge in [0.1, 0.15) is 11.0 Å². The summed E-state index contributed by atoms with van der Waals surface area (Å²) in [6.45, 7) is 0. The van der Waals surface area contributed by atoms with E-state index in [2.05, 4.69) is 9.71 Å². The van der Waals surface area contributed by atoms with E-state index in [0.29, 0.717) is 5.56 Å². The molecule has 0 spiro atoms. The molecule has 108 valence electrons. The highest BCUT2D eigenvalue weighted by Crippen LogP contribution is 2.29. The topological polar surface area (TPSA) is 67.8 Å². The van der Waals surface area contributed by atoms with Crippen LogP contribution in [0.1, 0.15) is 31.2 Å². The Bertz CT molecular complexity index is 640. The fourth-order valence-corrected chi connectivity index (χ4v) is 4.01. The monoisotopic (exact) mass is 294 g/mol. The lowest BCUT2D eigenvalue weighted by Crippen LogP contribution is -2.42. The molecule has 20 heavy (non-hydrogen) atoms. The predicted molar refractivity (Wildman–Crippen MR) is 76.4 cm³/mol. The van der Waals surface area contributed by atoms with Gasteiger partial charge in [0.15, 0.2) is 0 Å². The van der Waals surface area contributed by atoms with Crippen LogP contribution in [0.15, 0.2) is 33.6 Å². The molecule has 0 aromatic heterocycles. The molecule has 2 atom stereocenters. The van der Waals surface area contributed by atoms with Crippen molar-refractivity contribution in [3.63, 3.8) is 0 Å². The minimum atomic E-state index is -3.59. The van der Waals surface area contributed by atoms with Gasteiger partial charge in [0.05, 0.1) is 5.56 Å². The number of sulfonamides is 1. The smallest absolute Gasteiger partial charge is 0.286 e. The van der Waals surface area contributed by atoms with Crippen molar-refractivity contribution < 1.29 is 13.2 Å². The molecule has 2 aliphatic rings. The zero-order chi connectivity index (χ0) is 14.2. The van der Waals surface area contributed by atoms with Gasteiger partial charge in [-0.1, -0.05) is 18.6 Å². The molecule has 1 aliphatic heterocycles. The molecular weight excluding hydrogens is 276 g/mol. The van der Waals surface area contributed by atoms with Crippen LogP contribution >= 0.6 is 0 Å². The third-order valence-corrected chi connectivity index (χ3v) is 5.25. The number of ether oxygens (including phenoxy) is 1. The predicted octanol–water partition coefficient (Wildman–Crippen LogP) is 1.68. The Morgan fingerprint density at radius 3 is 2.80 bits per heavy atom. The van der Waals surface area contributed by atoms with Crippen LogP contribution in [-0.4, -0.2) is 33.5 Å². The van der Waals surface area contributed by atoms with Crippen LogP contribution in [0.3, 0.4) is 0 Å². The summed E-state index contributed by atoms with van der Waals surface area (Å²) in [6.07, 6.45) is 4.22. The minimum absolute atomic E-state index is 0.0196. The maximum Gasteiger partial charge on any atom is 0.286 e. The number of hydrogen-bond donors (Lipinski definition) is 1. The van der Waals surface area contributed by atoms with Gasteiger partial charge in [-0.05, 0) is 38.4 Å². The normalized spacial score (nSPS) is 27.8. The van der Waals surface area contributed by atoms with Crippen LogP contribution in [0.4, 0.5) is 0 Å². The van der Waals surface area contributed by atoms with Gasteiger partial charge in [-0.15, -0.1) is 4.40 Å². The summed E-state index contributed by atoms with van der Waals surface area (Å²) in [5.41, 5.74) is 0.577. The molecule has 2 unspecified atom stereocenters. The first-order valence-corrected chi connectivity index (χ1v) is 8.34. The van der Waals surface area contributed by atoms with E-state index in [1.807, 2.05) is 7.05 Å². The number of likely N-dealkylation sites (N-methyl/N-ethyl adjacent to an activating group) is 1. The number of hydrogen-bond acceptors (Lipinski definition) is 4. The van der Waals surface area contributed by atoms with Crippen molar-refractivity contribution in [1.29, 1.82) is 0 Å². The molecule has 0 amide bonds. The Kier molecular flexibility index (Phi) is 3.52. The summed E-state index contributed by atoms with van der Waals surface area (Å²) in [6, 6.07) is 7.07. The van der Waals surface area contributed by atoms with Crippen molar-refractivity contribution in [2.45, 2.75) is 42.7 Å². The third-order valence-electron chi connectivity index (χ3n) is 3.93. The van der Waals surface area contributed by atoms with Gasteiger partial charge in [-0.3, -0.25) is 0 Å². The number of benzene rings is 1. The number of fused-ring (bicyclic) bond motifs is 1. The van der Waals surface area contributed by atoms with Crippen molar-refractivity contribution in [2.24, 2.45) is 4.40 Å². The first-order valence-electron chi connectivity index (χ1n) is 6.90. The fraction of sp³-hybridized carbons (Fsp3) is 0.500. The van der Waals surface area contributed by atoms with Gasteiger partial charge in [0.25, 0.3) is 10.0 Å². The average molecular weight is 294 g/mol. The lowest BCUT2D eigenvalue weighted by atomic mass is 9.92. The minimum Gasteiger partial charge on any atom is -0.472 e. The molecule has 1 aromatic carbocycles. The highest BCUT2D eigenvalue weighted by atomic mass is 32.2. The van der Waals surface area contributed by atoms with Crippen LogP contribution in [-0.2, 0) is 14.8 Å². The molecule has 1 fully saturated rings. The number of rotatable bonds is 2. The van der Waals surface area contributed by atoms with Crippen LogP contribution in [0.5, 0.6) is 0 Å². The van der Waals surface area contributed by atoms with Crippen LogP contribution in [0.2, 0.25) is 0 Å². The molecule has 0 bridgehead atoms. The molecule has 1 aliphatic carbocycles. The molecule has 6 heteroatoms. The Morgan fingerprint density at radius 2 is 2.00 bits per heavy atom. The quantitative estimate of drug-likeness (QED) is 0.901. The van der Waals surface area contributed by atoms with E-state index in [1.54, 1.807) is 24.3 Å². The SMILES string of the molecule is CNC1CCCCC1OC1=NS(=O)(=O)c2ccccc21. The Balaban J connectivity index is 1.88. The molecule has 0 saturated heterocycles. The van der Waals surface area contributed by atoms with Gasteiger partial charge >= 0.3 is 0 Å². The lowest BCUT2D eigenvalue weighted by Gasteiger charge is -2.31. The molecule has 5 nitrogen and oxygen atoms in total. The van der Waals surface area contributed by atoms with Gasteiger partial charge in [-0.25, -0.2) is 0 Å². The van der Waals surface area contributed by atoms with Crippen molar-refractivity contribution in [3.05, 3.63) is 29.8 Å². The molecule has 1 heterocycles. The van der Waals surface area contributed by atoms with E-state index < -0.39 is 10.0 Å². The number of nitrogens with one attached hydrogen (secondary N) is 1. The first kappa shape index (κ1) is 13.6. The van der Waals surface area contributed by atoms with Crippen molar-refractivity contribution >= 4 is 15.9 Å². The van der Waals surface area contributed by atoms with E-state index in [9.17, 15) is 8.42 Å². The molecule has 0 radical (unpaired) electrons. The number of nitrogens with zero attached hydrogens (tertiary/aromatic N) is 1. The van der Waals surface area contributed by atoms with E-state index in [0.717, 1.165) is 19.3 Å². The average Bonchev–Trinajstić information content (AvgIpc) is 2.71. The maximum absolute atomic E-state index is 12.0. The van der Waals surface area contributed by atoms with Gasteiger partial charge in [0.2, 0.25) is 5.90 Å². The second kappa shape index (κ2) is 5.18. The van der Waals surface area contributed by atoms with Crippen molar-refractivity contribution in [1.82, 2.24) is 5.32 Å². The van der Waals surface area contributed by atoms with E-state index in [1.165, 1.54) is 6.42 Å². The van der Waals surface area contributed by atoms with Crippen molar-refractivity contribution in [3.8, 4) is 0 Å². The van der Waals surface area contributed by atoms with Gasteiger partial charge in [0, 0.05) is 6.04 Å². The van der Waals surface area contributed by atoms with Crippen LogP contribution in [0, 0.1) is 0 Å². The highest BCUT2D eigenvalue weighted by Gasteiger charge is 2.33. The Hall–Kier alpha value is -1.40. The Morgan fingerprint density at radius 1 is 1.25 bits per heavy atom. The fourth-order valence-electron chi connectivity index (χ4n) is 2.87. The van der Waals surface area contributed by atoms with Crippen molar-refractivity contribution in [2.75, 3.05) is 7.05 Å². The van der Waals surface area contributed by atoms with E-state index in [-0.39, 0.29) is 22.9 Å². The standard InChI is InChI=1S/C14H18N2O3S/c1-15-11-7-3-4-8-12(11)19-14-10-6-2-5-9-13(10)20(17,18)16-14/h2,5-6,9,11-12,15H,3-4,7-8H2,1H3. The summed E-state index contributed by atoms with van der Waals surface area (Å²) in [7, 11) is -1.68. The highest BCUT2D eigenvalue weighted by molar-refractivity contribution is 7.90. The summed E-state index contributed by atoms with van der Waals surface area (Å²) in [5.74, 6) is 0.243. The van der Waals surface area contributed by atoms with Gasteiger partial charge in [-0.2, -0.15) is 8.42 Å². The second-order valence-electron chi connectivity index (χ2n) is 5.20. The summed E-state index contributed by atoms with van der Waals surface area (Å²) < 4.78 is 33.7. The third kappa shape index (κ3) is 2.33.